The molecule has 0 saturated carbocycles. The summed E-state index contributed by atoms with van der Waals surface area (Å²) in [6.07, 6.45) is -1.59. The zero-order chi connectivity index (χ0) is 18.2. The summed E-state index contributed by atoms with van der Waals surface area (Å²) in [5, 5.41) is 4.58. The number of carbonyl (C=O) groups is 1. The van der Waals surface area contributed by atoms with Gasteiger partial charge in [0.2, 0.25) is 5.91 Å². The Bertz CT molecular complexity index is 760. The molecule has 0 aromatic carbocycles. The molecule has 2 aromatic rings. The minimum Gasteiger partial charge on any atom is -0.342 e. The van der Waals surface area contributed by atoms with Crippen LogP contribution in [0.3, 0.4) is 0 Å². The average molecular weight is 372 g/mol. The van der Waals surface area contributed by atoms with Crippen molar-refractivity contribution in [1.29, 1.82) is 0 Å². The summed E-state index contributed by atoms with van der Waals surface area (Å²) in [4.78, 5) is 19.6. The molecule has 2 aromatic heterocycles. The molecule has 9 heteroatoms. The van der Waals surface area contributed by atoms with Gasteiger partial charge in [0.05, 0.1) is 23.2 Å². The van der Waals surface area contributed by atoms with Crippen molar-refractivity contribution in [3.63, 3.8) is 0 Å². The molecule has 1 amide bonds. The van der Waals surface area contributed by atoms with Gasteiger partial charge in [-0.15, -0.1) is 11.3 Å². The Morgan fingerprint density at radius 2 is 2.00 bits per heavy atom. The van der Waals surface area contributed by atoms with Crippen molar-refractivity contribution in [2.75, 3.05) is 13.1 Å². The van der Waals surface area contributed by atoms with E-state index in [4.69, 9.17) is 0 Å². The van der Waals surface area contributed by atoms with E-state index in [1.807, 2.05) is 13.8 Å². The quantitative estimate of drug-likeness (QED) is 0.830. The SMILES string of the molecule is Cc1nc(CC(=O)N2CCC(n3ccc(C(F)(F)F)n3)CC2)c(C)s1. The third-order valence-electron chi connectivity index (χ3n) is 4.41. The maximum absolute atomic E-state index is 12.6. The summed E-state index contributed by atoms with van der Waals surface area (Å²) in [5.74, 6) is 0.0169. The predicted molar refractivity (Wildman–Crippen MR) is 87.4 cm³/mol. The average Bonchev–Trinajstić information content (AvgIpc) is 3.14. The van der Waals surface area contributed by atoms with Gasteiger partial charge in [-0.25, -0.2) is 4.98 Å². The molecule has 1 aliphatic rings. The Kier molecular flexibility index (Phi) is 4.86. The molecule has 1 saturated heterocycles. The highest BCUT2D eigenvalue weighted by Gasteiger charge is 2.34. The number of halogens is 3. The molecule has 1 aliphatic heterocycles. The van der Waals surface area contributed by atoms with Gasteiger partial charge in [0, 0.05) is 24.2 Å². The topological polar surface area (TPSA) is 51.0 Å². The zero-order valence-corrected chi connectivity index (χ0v) is 14.8. The molecule has 25 heavy (non-hydrogen) atoms. The van der Waals surface area contributed by atoms with Crippen LogP contribution in [0.25, 0.3) is 0 Å². The van der Waals surface area contributed by atoms with Crippen molar-refractivity contribution >= 4 is 17.2 Å². The van der Waals surface area contributed by atoms with E-state index < -0.39 is 11.9 Å². The third-order valence-corrected chi connectivity index (χ3v) is 5.34. The van der Waals surface area contributed by atoms with Gasteiger partial charge in [0.25, 0.3) is 0 Å². The van der Waals surface area contributed by atoms with Gasteiger partial charge in [-0.2, -0.15) is 18.3 Å². The molecule has 0 bridgehead atoms. The van der Waals surface area contributed by atoms with Crippen LogP contribution < -0.4 is 0 Å². The molecule has 136 valence electrons. The van der Waals surface area contributed by atoms with Crippen molar-refractivity contribution in [2.24, 2.45) is 0 Å². The fraction of sp³-hybridized carbons (Fsp3) is 0.562. The summed E-state index contributed by atoms with van der Waals surface area (Å²) < 4.78 is 39.3. The number of hydrogen-bond acceptors (Lipinski definition) is 4. The molecule has 0 N–H and O–H groups in total. The van der Waals surface area contributed by atoms with E-state index in [0.29, 0.717) is 25.9 Å². The highest BCUT2D eigenvalue weighted by molar-refractivity contribution is 7.11. The maximum Gasteiger partial charge on any atom is 0.435 e. The number of nitrogens with zero attached hydrogens (tertiary/aromatic N) is 4. The van der Waals surface area contributed by atoms with E-state index in [2.05, 4.69) is 10.1 Å². The number of thiazole rings is 1. The summed E-state index contributed by atoms with van der Waals surface area (Å²) in [7, 11) is 0. The summed E-state index contributed by atoms with van der Waals surface area (Å²) in [6, 6.07) is 0.883. The minimum absolute atomic E-state index is 0.0169. The number of alkyl halides is 3. The number of piperidine rings is 1. The Balaban J connectivity index is 1.57. The van der Waals surface area contributed by atoms with Gasteiger partial charge in [0.1, 0.15) is 0 Å². The molecule has 5 nitrogen and oxygen atoms in total. The molecule has 0 unspecified atom stereocenters. The number of rotatable bonds is 3. The lowest BCUT2D eigenvalue weighted by Gasteiger charge is -2.32. The van der Waals surface area contributed by atoms with E-state index in [1.165, 1.54) is 10.9 Å². The number of hydrogen-bond donors (Lipinski definition) is 0. The standard InChI is InChI=1S/C16H19F3N4OS/c1-10-13(20-11(2)25-10)9-15(24)22-6-3-12(4-7-22)23-8-5-14(21-23)16(17,18)19/h5,8,12H,3-4,6-7,9H2,1-2H3. The molecule has 0 aliphatic carbocycles. The van der Waals surface area contributed by atoms with Gasteiger partial charge >= 0.3 is 6.18 Å². The largest absolute Gasteiger partial charge is 0.435 e. The molecule has 0 spiro atoms. The second-order valence-corrected chi connectivity index (χ2v) is 7.61. The number of aromatic nitrogens is 3. The van der Waals surface area contributed by atoms with Crippen molar-refractivity contribution in [3.8, 4) is 0 Å². The van der Waals surface area contributed by atoms with E-state index in [0.717, 1.165) is 21.6 Å². The van der Waals surface area contributed by atoms with Crippen LogP contribution in [0.4, 0.5) is 13.2 Å². The fourth-order valence-corrected chi connectivity index (χ4v) is 3.90. The summed E-state index contributed by atoms with van der Waals surface area (Å²) in [5.41, 5.74) is -0.0584. The van der Waals surface area contributed by atoms with Gasteiger partial charge in [-0.1, -0.05) is 0 Å². The van der Waals surface area contributed by atoms with Crippen LogP contribution in [0.1, 0.15) is 40.2 Å². The summed E-state index contributed by atoms with van der Waals surface area (Å²) in [6.45, 7) is 4.91. The fourth-order valence-electron chi connectivity index (χ4n) is 3.06. The van der Waals surface area contributed by atoms with E-state index in [1.54, 1.807) is 16.2 Å². The second kappa shape index (κ2) is 6.78. The van der Waals surface area contributed by atoms with Crippen LogP contribution in [0.15, 0.2) is 12.3 Å². The first kappa shape index (κ1) is 17.9. The van der Waals surface area contributed by atoms with Crippen LogP contribution in [0.2, 0.25) is 0 Å². The maximum atomic E-state index is 12.6. The van der Waals surface area contributed by atoms with Crippen LogP contribution in [0.5, 0.6) is 0 Å². The lowest BCUT2D eigenvalue weighted by molar-refractivity contribution is -0.141. The van der Waals surface area contributed by atoms with Crippen LogP contribution in [-0.2, 0) is 17.4 Å². The van der Waals surface area contributed by atoms with Crippen molar-refractivity contribution in [3.05, 3.63) is 33.5 Å². The Morgan fingerprint density at radius 3 is 2.52 bits per heavy atom. The number of carbonyl (C=O) groups excluding carboxylic acids is 1. The molecule has 3 heterocycles. The molecular formula is C16H19F3N4OS. The van der Waals surface area contributed by atoms with E-state index in [-0.39, 0.29) is 18.4 Å². The van der Waals surface area contributed by atoms with Crippen LogP contribution in [0, 0.1) is 13.8 Å². The number of likely N-dealkylation sites (tertiary alicyclic amines) is 1. The van der Waals surface area contributed by atoms with Gasteiger partial charge in [-0.3, -0.25) is 9.48 Å². The van der Waals surface area contributed by atoms with Crippen LogP contribution in [-0.4, -0.2) is 38.7 Å². The molecule has 0 radical (unpaired) electrons. The Hall–Kier alpha value is -1.90. The van der Waals surface area contributed by atoms with Gasteiger partial charge in [0.15, 0.2) is 5.69 Å². The second-order valence-electron chi connectivity index (χ2n) is 6.20. The summed E-state index contributed by atoms with van der Waals surface area (Å²) >= 11 is 1.57. The first-order valence-electron chi connectivity index (χ1n) is 8.07. The Morgan fingerprint density at radius 1 is 1.32 bits per heavy atom. The van der Waals surface area contributed by atoms with Crippen molar-refractivity contribution in [1.82, 2.24) is 19.7 Å². The molecule has 3 rings (SSSR count). The number of aryl methyl sites for hydroxylation is 2. The first-order chi connectivity index (χ1) is 11.7. The highest BCUT2D eigenvalue weighted by atomic mass is 32.1. The van der Waals surface area contributed by atoms with Crippen molar-refractivity contribution < 1.29 is 18.0 Å². The Labute approximate surface area is 147 Å². The van der Waals surface area contributed by atoms with E-state index in [9.17, 15) is 18.0 Å². The molecule has 1 fully saturated rings. The number of amides is 1. The minimum atomic E-state index is -4.43. The third kappa shape index (κ3) is 4.02. The van der Waals surface area contributed by atoms with Gasteiger partial charge in [-0.05, 0) is 32.8 Å². The molecule has 0 atom stereocenters. The predicted octanol–water partition coefficient (Wildman–Crippen LogP) is 3.38. The smallest absolute Gasteiger partial charge is 0.342 e. The molecular weight excluding hydrogens is 353 g/mol. The van der Waals surface area contributed by atoms with E-state index >= 15 is 0 Å². The monoisotopic (exact) mass is 372 g/mol. The lowest BCUT2D eigenvalue weighted by Crippen LogP contribution is -2.40. The lowest BCUT2D eigenvalue weighted by atomic mass is 10.0. The highest BCUT2D eigenvalue weighted by Crippen LogP contribution is 2.29. The van der Waals surface area contributed by atoms with Gasteiger partial charge < -0.3 is 4.90 Å². The van der Waals surface area contributed by atoms with Crippen molar-refractivity contribution in [2.45, 2.75) is 45.3 Å². The normalized spacial score (nSPS) is 16.4. The van der Waals surface area contributed by atoms with Crippen LogP contribution >= 0.6 is 11.3 Å². The first-order valence-corrected chi connectivity index (χ1v) is 8.88. The zero-order valence-electron chi connectivity index (χ0n) is 14.0.